The Kier molecular flexibility index (Phi) is 3.98. The molecule has 136 valence electrons. The fourth-order valence-electron chi connectivity index (χ4n) is 3.89. The third-order valence-corrected chi connectivity index (χ3v) is 5.20. The molecule has 0 saturated carbocycles. The summed E-state index contributed by atoms with van der Waals surface area (Å²) in [6.07, 6.45) is 2.13. The van der Waals surface area contributed by atoms with Crippen molar-refractivity contribution in [3.8, 4) is 0 Å². The number of nitrogens with zero attached hydrogens (tertiary/aromatic N) is 3. The molecular formula is C21H20N4O2. The number of likely N-dealkylation sites (tertiary alicyclic amines) is 1. The number of piperidine rings is 1. The lowest BCUT2D eigenvalue weighted by atomic mass is 9.98. The summed E-state index contributed by atoms with van der Waals surface area (Å²) in [6.45, 7) is 2.45. The Hall–Kier alpha value is -2.99. The average molecular weight is 360 g/mol. The first-order valence-corrected chi connectivity index (χ1v) is 9.32. The van der Waals surface area contributed by atoms with Crippen LogP contribution in [0, 0.1) is 0 Å². The van der Waals surface area contributed by atoms with Crippen LogP contribution in [0.1, 0.15) is 30.5 Å². The standard InChI is InChI=1S/C21H20N4O2/c26-20-15-7-1-2-8-16(15)22-19(24-20)13-25-11-5-6-14(12-25)21-23-17-9-3-4-10-18(17)27-21/h1-4,7-10,14H,5-6,11-13H2,(H,22,24,26)/t14-/m1/s1. The molecule has 0 spiro atoms. The van der Waals surface area contributed by atoms with Gasteiger partial charge in [-0.1, -0.05) is 24.3 Å². The lowest BCUT2D eigenvalue weighted by Crippen LogP contribution is -2.35. The molecule has 0 unspecified atom stereocenters. The van der Waals surface area contributed by atoms with Crippen LogP contribution in [0.3, 0.4) is 0 Å². The highest BCUT2D eigenvalue weighted by Crippen LogP contribution is 2.29. The Morgan fingerprint density at radius 3 is 2.78 bits per heavy atom. The van der Waals surface area contributed by atoms with Gasteiger partial charge in [-0.25, -0.2) is 9.97 Å². The van der Waals surface area contributed by atoms with Crippen molar-refractivity contribution in [1.29, 1.82) is 0 Å². The van der Waals surface area contributed by atoms with Gasteiger partial charge in [0.25, 0.3) is 5.56 Å². The Morgan fingerprint density at radius 1 is 1.07 bits per heavy atom. The summed E-state index contributed by atoms with van der Waals surface area (Å²) in [5.74, 6) is 1.77. The SMILES string of the molecule is O=c1[nH]c(CN2CCC[C@@H](c3nc4ccccc4o3)C2)nc2ccccc12. The highest BCUT2D eigenvalue weighted by atomic mass is 16.3. The molecule has 2 aromatic carbocycles. The molecule has 27 heavy (non-hydrogen) atoms. The topological polar surface area (TPSA) is 75.0 Å². The number of para-hydroxylation sites is 3. The molecule has 0 radical (unpaired) electrons. The monoisotopic (exact) mass is 360 g/mol. The summed E-state index contributed by atoms with van der Waals surface area (Å²) in [6, 6.07) is 15.3. The summed E-state index contributed by atoms with van der Waals surface area (Å²) >= 11 is 0. The van der Waals surface area contributed by atoms with Crippen molar-refractivity contribution < 1.29 is 4.42 Å². The Bertz CT molecular complexity index is 1130. The summed E-state index contributed by atoms with van der Waals surface area (Å²) < 4.78 is 5.97. The number of hydrogen-bond donors (Lipinski definition) is 1. The van der Waals surface area contributed by atoms with E-state index in [0.29, 0.717) is 17.8 Å². The first-order chi connectivity index (χ1) is 13.3. The van der Waals surface area contributed by atoms with E-state index >= 15 is 0 Å². The molecule has 3 heterocycles. The number of rotatable bonds is 3. The van der Waals surface area contributed by atoms with Crippen LogP contribution in [-0.4, -0.2) is 32.9 Å². The second-order valence-corrected chi connectivity index (χ2v) is 7.12. The van der Waals surface area contributed by atoms with E-state index in [0.717, 1.165) is 48.4 Å². The highest BCUT2D eigenvalue weighted by molar-refractivity contribution is 5.77. The van der Waals surface area contributed by atoms with Gasteiger partial charge in [-0.2, -0.15) is 0 Å². The van der Waals surface area contributed by atoms with Gasteiger partial charge in [0.05, 0.1) is 17.4 Å². The van der Waals surface area contributed by atoms with Crippen molar-refractivity contribution in [2.24, 2.45) is 0 Å². The molecule has 1 aliphatic rings. The molecule has 4 aromatic rings. The summed E-state index contributed by atoms with van der Waals surface area (Å²) in [5.41, 5.74) is 2.40. The van der Waals surface area contributed by atoms with Gasteiger partial charge in [0, 0.05) is 12.5 Å². The van der Waals surface area contributed by atoms with Crippen molar-refractivity contribution >= 4 is 22.0 Å². The third-order valence-electron chi connectivity index (χ3n) is 5.20. The molecule has 1 saturated heterocycles. The quantitative estimate of drug-likeness (QED) is 0.606. The molecule has 0 amide bonds. The maximum atomic E-state index is 12.3. The van der Waals surface area contributed by atoms with Crippen molar-refractivity contribution in [2.45, 2.75) is 25.3 Å². The molecule has 1 N–H and O–H groups in total. The minimum atomic E-state index is -0.0805. The van der Waals surface area contributed by atoms with Crippen molar-refractivity contribution in [2.75, 3.05) is 13.1 Å². The van der Waals surface area contributed by atoms with E-state index < -0.39 is 0 Å². The number of benzene rings is 2. The molecule has 6 nitrogen and oxygen atoms in total. The molecule has 1 fully saturated rings. The Labute approximate surface area is 155 Å². The number of nitrogens with one attached hydrogen (secondary N) is 1. The number of H-pyrrole nitrogens is 1. The molecule has 0 bridgehead atoms. The van der Waals surface area contributed by atoms with Crippen molar-refractivity contribution in [3.05, 3.63) is 70.6 Å². The summed E-state index contributed by atoms with van der Waals surface area (Å²) in [5, 5.41) is 0.629. The molecule has 0 aliphatic carbocycles. The fraction of sp³-hybridized carbons (Fsp3) is 0.286. The van der Waals surface area contributed by atoms with Crippen LogP contribution in [0.5, 0.6) is 0 Å². The number of hydrogen-bond acceptors (Lipinski definition) is 5. The van der Waals surface area contributed by atoms with Gasteiger partial charge in [0.2, 0.25) is 0 Å². The second-order valence-electron chi connectivity index (χ2n) is 7.12. The van der Waals surface area contributed by atoms with E-state index in [2.05, 4.69) is 19.9 Å². The van der Waals surface area contributed by atoms with Crippen LogP contribution in [0.2, 0.25) is 0 Å². The lowest BCUT2D eigenvalue weighted by Gasteiger charge is -2.30. The van der Waals surface area contributed by atoms with Crippen molar-refractivity contribution in [1.82, 2.24) is 19.9 Å². The van der Waals surface area contributed by atoms with Gasteiger partial charge >= 0.3 is 0 Å². The molecule has 5 rings (SSSR count). The Morgan fingerprint density at radius 2 is 1.89 bits per heavy atom. The van der Waals surface area contributed by atoms with Crippen molar-refractivity contribution in [3.63, 3.8) is 0 Å². The normalized spacial score (nSPS) is 18.3. The first kappa shape index (κ1) is 16.2. The van der Waals surface area contributed by atoms with Gasteiger partial charge in [-0.05, 0) is 43.7 Å². The highest BCUT2D eigenvalue weighted by Gasteiger charge is 2.26. The average Bonchev–Trinajstić information content (AvgIpc) is 3.13. The lowest BCUT2D eigenvalue weighted by molar-refractivity contribution is 0.183. The van der Waals surface area contributed by atoms with E-state index in [-0.39, 0.29) is 11.5 Å². The van der Waals surface area contributed by atoms with Gasteiger partial charge in [0.1, 0.15) is 11.3 Å². The van der Waals surface area contributed by atoms with Gasteiger partial charge in [-0.15, -0.1) is 0 Å². The van der Waals surface area contributed by atoms with E-state index in [9.17, 15) is 4.79 Å². The fourth-order valence-corrected chi connectivity index (χ4v) is 3.89. The van der Waals surface area contributed by atoms with Crippen LogP contribution in [0.4, 0.5) is 0 Å². The zero-order valence-corrected chi connectivity index (χ0v) is 14.9. The molecule has 6 heteroatoms. The van der Waals surface area contributed by atoms with Gasteiger partial charge < -0.3 is 9.40 Å². The molecular weight excluding hydrogens is 340 g/mol. The first-order valence-electron chi connectivity index (χ1n) is 9.32. The van der Waals surface area contributed by atoms with E-state index in [1.165, 1.54) is 0 Å². The maximum absolute atomic E-state index is 12.3. The molecule has 2 aromatic heterocycles. The zero-order chi connectivity index (χ0) is 18.2. The predicted octanol–water partition coefficient (Wildman–Crippen LogP) is 3.44. The molecule has 1 atom stereocenters. The minimum Gasteiger partial charge on any atom is -0.440 e. The third kappa shape index (κ3) is 3.13. The number of oxazole rings is 1. The van der Waals surface area contributed by atoms with E-state index in [1.54, 1.807) is 6.07 Å². The summed E-state index contributed by atoms with van der Waals surface area (Å²) in [7, 11) is 0. The largest absolute Gasteiger partial charge is 0.440 e. The zero-order valence-electron chi connectivity index (χ0n) is 14.9. The molecule has 1 aliphatic heterocycles. The second kappa shape index (κ2) is 6.63. The maximum Gasteiger partial charge on any atom is 0.258 e. The van der Waals surface area contributed by atoms with Gasteiger partial charge in [0.15, 0.2) is 11.5 Å². The van der Waals surface area contributed by atoms with E-state index in [4.69, 9.17) is 4.42 Å². The number of aromatic amines is 1. The number of fused-ring (bicyclic) bond motifs is 2. The Balaban J connectivity index is 1.37. The van der Waals surface area contributed by atoms with Crippen LogP contribution in [0.15, 0.2) is 57.7 Å². The van der Waals surface area contributed by atoms with Gasteiger partial charge in [-0.3, -0.25) is 9.69 Å². The van der Waals surface area contributed by atoms with Crippen LogP contribution >= 0.6 is 0 Å². The summed E-state index contributed by atoms with van der Waals surface area (Å²) in [4.78, 5) is 26.8. The van der Waals surface area contributed by atoms with Crippen LogP contribution < -0.4 is 5.56 Å². The number of aromatic nitrogens is 3. The predicted molar refractivity (Wildman–Crippen MR) is 104 cm³/mol. The van der Waals surface area contributed by atoms with Crippen LogP contribution in [-0.2, 0) is 6.54 Å². The minimum absolute atomic E-state index is 0.0805. The van der Waals surface area contributed by atoms with Crippen LogP contribution in [0.25, 0.3) is 22.0 Å². The smallest absolute Gasteiger partial charge is 0.258 e. The van der Waals surface area contributed by atoms with E-state index in [1.807, 2.05) is 42.5 Å².